The van der Waals surface area contributed by atoms with Gasteiger partial charge in [-0.3, -0.25) is 0 Å². The molecule has 2 atom stereocenters. The number of benzene rings is 3. The van der Waals surface area contributed by atoms with E-state index in [1.165, 1.54) is 139 Å². The third kappa shape index (κ3) is 8.38. The topological polar surface area (TPSA) is 4.93 Å². The van der Waals surface area contributed by atoms with Crippen LogP contribution in [0.3, 0.4) is 0 Å². The average molecular weight is 712 g/mol. The highest BCUT2D eigenvalue weighted by Gasteiger charge is 2.40. The summed E-state index contributed by atoms with van der Waals surface area (Å²) < 4.78 is 2.57. The van der Waals surface area contributed by atoms with Gasteiger partial charge in [0, 0.05) is 29.5 Å². The minimum atomic E-state index is 0.395. The highest BCUT2D eigenvalue weighted by molar-refractivity contribution is 7.99. The van der Waals surface area contributed by atoms with Crippen molar-refractivity contribution in [3.63, 3.8) is 0 Å². The molecule has 1 saturated carbocycles. The molecule has 1 fully saturated rings. The molecule has 276 valence electrons. The van der Waals surface area contributed by atoms with Gasteiger partial charge in [-0.25, -0.2) is 0 Å². The van der Waals surface area contributed by atoms with Crippen molar-refractivity contribution in [3.05, 3.63) is 111 Å². The van der Waals surface area contributed by atoms with E-state index in [0.717, 1.165) is 18.8 Å². The zero-order chi connectivity index (χ0) is 36.2. The summed E-state index contributed by atoms with van der Waals surface area (Å²) in [7, 11) is 2.34. The Morgan fingerprint density at radius 2 is 1.52 bits per heavy atom. The fourth-order valence-corrected chi connectivity index (χ4v) is 11.3. The van der Waals surface area contributed by atoms with Gasteiger partial charge in [0.1, 0.15) is 0 Å². The second kappa shape index (κ2) is 16.6. The van der Waals surface area contributed by atoms with Crippen molar-refractivity contribution in [2.45, 2.75) is 142 Å². The third-order valence-electron chi connectivity index (χ3n) is 12.6. The van der Waals surface area contributed by atoms with Crippen molar-refractivity contribution < 1.29 is 0 Å². The fraction of sp³-hybridized carbons (Fsp3) is 0.520. The largest absolute Gasteiger partial charge is 0.347 e. The molecule has 1 nitrogen and oxygen atoms in total. The molecule has 1 heterocycles. The lowest BCUT2D eigenvalue weighted by Crippen LogP contribution is -2.20. The Morgan fingerprint density at radius 3 is 2.31 bits per heavy atom. The highest BCUT2D eigenvalue weighted by atomic mass is 32.2. The first-order valence-corrected chi connectivity index (χ1v) is 22.0. The van der Waals surface area contributed by atoms with Crippen LogP contribution in [-0.2, 0) is 26.3 Å². The maximum absolute atomic E-state index is 2.57. The molecule has 0 N–H and O–H groups in total. The smallest absolute Gasteiger partial charge is 0.0528 e. The summed E-state index contributed by atoms with van der Waals surface area (Å²) in [4.78, 5) is 0. The monoisotopic (exact) mass is 711 g/mol. The summed E-state index contributed by atoms with van der Waals surface area (Å²) in [6, 6.07) is 26.2. The van der Waals surface area contributed by atoms with Crippen LogP contribution in [-0.4, -0.2) is 15.6 Å². The van der Waals surface area contributed by atoms with Crippen LogP contribution < -0.4 is 0 Å². The Kier molecular flexibility index (Phi) is 11.9. The molecule has 0 aliphatic heterocycles. The SMILES string of the molecule is CC1=Cc2c3c(n(C)c2CC1)-c1ccccc1C3C(Cc1ccccc1-c1ccc(CC2CCCCC2)cc1C)SCCCCCCCC(C)(C)C. The molecule has 0 spiro atoms. The molecular formula is C50H65NS. The van der Waals surface area contributed by atoms with E-state index in [0.29, 0.717) is 16.6 Å². The van der Waals surface area contributed by atoms with Crippen LogP contribution in [0.4, 0.5) is 0 Å². The first kappa shape index (κ1) is 37.3. The minimum Gasteiger partial charge on any atom is -0.347 e. The van der Waals surface area contributed by atoms with Crippen molar-refractivity contribution in [1.29, 1.82) is 0 Å². The molecule has 3 aliphatic rings. The molecule has 3 aliphatic carbocycles. The van der Waals surface area contributed by atoms with Crippen molar-refractivity contribution in [2.24, 2.45) is 18.4 Å². The molecule has 0 bridgehead atoms. The zero-order valence-corrected chi connectivity index (χ0v) is 34.1. The fourth-order valence-electron chi connectivity index (χ4n) is 9.90. The van der Waals surface area contributed by atoms with Gasteiger partial charge in [-0.15, -0.1) is 0 Å². The standard InChI is InChI=1S/C50H65NS/c1-35-25-28-45-44(31-35)48-47(42-23-15-16-24-43(42)49(48)51(45)6)46(52-30-18-9-7-8-17-29-50(3,4)5)34-39-21-13-14-22-41(39)40-27-26-38(32-36(40)2)33-37-19-11-10-12-20-37/h13-16,21-24,26-27,31-32,37,46-47H,7-12,17-20,25,28-30,33-34H2,1-6H3. The molecule has 7 rings (SSSR count). The highest BCUT2D eigenvalue weighted by Crippen LogP contribution is 2.54. The predicted molar refractivity (Wildman–Crippen MR) is 229 cm³/mol. The summed E-state index contributed by atoms with van der Waals surface area (Å²) in [6.07, 6.45) is 22.4. The maximum Gasteiger partial charge on any atom is 0.0528 e. The van der Waals surface area contributed by atoms with E-state index in [-0.39, 0.29) is 0 Å². The van der Waals surface area contributed by atoms with Crippen LogP contribution in [0.25, 0.3) is 28.5 Å². The summed E-state index contributed by atoms with van der Waals surface area (Å²) in [5.41, 5.74) is 18.5. The number of thioether (sulfide) groups is 1. The number of fused-ring (bicyclic) bond motifs is 5. The molecule has 1 aromatic heterocycles. The second-order valence-electron chi connectivity index (χ2n) is 17.9. The van der Waals surface area contributed by atoms with Gasteiger partial charge in [0.2, 0.25) is 0 Å². The van der Waals surface area contributed by atoms with Gasteiger partial charge < -0.3 is 4.57 Å². The van der Waals surface area contributed by atoms with Crippen LogP contribution in [0.5, 0.6) is 0 Å². The number of aryl methyl sites for hydroxylation is 1. The molecule has 2 heteroatoms. The van der Waals surface area contributed by atoms with Crippen LogP contribution in [0.2, 0.25) is 0 Å². The van der Waals surface area contributed by atoms with E-state index in [4.69, 9.17) is 0 Å². The van der Waals surface area contributed by atoms with Crippen LogP contribution in [0.1, 0.15) is 150 Å². The summed E-state index contributed by atoms with van der Waals surface area (Å²) in [5, 5.41) is 0.470. The first-order valence-electron chi connectivity index (χ1n) is 21.0. The Bertz CT molecular complexity index is 1860. The Balaban J connectivity index is 1.18. The Morgan fingerprint density at radius 1 is 0.788 bits per heavy atom. The maximum atomic E-state index is 2.57. The van der Waals surface area contributed by atoms with Crippen molar-refractivity contribution in [2.75, 3.05) is 5.75 Å². The number of unbranched alkanes of at least 4 members (excludes halogenated alkanes) is 4. The lowest BCUT2D eigenvalue weighted by molar-refractivity contribution is 0.356. The Labute approximate surface area is 321 Å². The number of nitrogens with zero attached hydrogens (tertiary/aromatic N) is 1. The van der Waals surface area contributed by atoms with E-state index in [1.807, 2.05) is 0 Å². The first-order chi connectivity index (χ1) is 25.2. The summed E-state index contributed by atoms with van der Waals surface area (Å²) in [6.45, 7) is 11.8. The van der Waals surface area contributed by atoms with Crippen molar-refractivity contribution in [1.82, 2.24) is 4.57 Å². The average Bonchev–Trinajstić information content (AvgIpc) is 3.61. The minimum absolute atomic E-state index is 0.395. The van der Waals surface area contributed by atoms with Gasteiger partial charge in [-0.1, -0.05) is 157 Å². The van der Waals surface area contributed by atoms with Gasteiger partial charge >= 0.3 is 0 Å². The molecule has 52 heavy (non-hydrogen) atoms. The Hall–Kier alpha value is -2.97. The van der Waals surface area contributed by atoms with E-state index >= 15 is 0 Å². The lowest BCUT2D eigenvalue weighted by Gasteiger charge is -2.28. The predicted octanol–water partition coefficient (Wildman–Crippen LogP) is 14.3. The van der Waals surface area contributed by atoms with Gasteiger partial charge in [0.05, 0.1) is 5.69 Å². The molecule has 0 saturated heterocycles. The molecule has 4 aromatic rings. The van der Waals surface area contributed by atoms with Crippen molar-refractivity contribution in [3.8, 4) is 22.4 Å². The lowest BCUT2D eigenvalue weighted by atomic mass is 9.83. The molecule has 0 radical (unpaired) electrons. The molecule has 3 aromatic carbocycles. The van der Waals surface area contributed by atoms with E-state index < -0.39 is 0 Å². The zero-order valence-electron chi connectivity index (χ0n) is 33.3. The summed E-state index contributed by atoms with van der Waals surface area (Å²) >= 11 is 2.27. The normalized spacial score (nSPS) is 17.8. The number of hydrogen-bond donors (Lipinski definition) is 0. The third-order valence-corrected chi connectivity index (χ3v) is 14.0. The van der Waals surface area contributed by atoms with Gasteiger partial charge in [-0.2, -0.15) is 11.8 Å². The van der Waals surface area contributed by atoms with E-state index in [2.05, 4.69) is 131 Å². The quantitative estimate of drug-likeness (QED) is 0.118. The number of aromatic nitrogens is 1. The van der Waals surface area contributed by atoms with Gasteiger partial charge in [-0.05, 0) is 114 Å². The van der Waals surface area contributed by atoms with Crippen LogP contribution >= 0.6 is 11.8 Å². The summed E-state index contributed by atoms with van der Waals surface area (Å²) in [5.74, 6) is 2.50. The number of rotatable bonds is 14. The van der Waals surface area contributed by atoms with Gasteiger partial charge in [0.25, 0.3) is 0 Å². The molecule has 2 unspecified atom stereocenters. The number of allylic oxidation sites excluding steroid dienone is 1. The van der Waals surface area contributed by atoms with Crippen LogP contribution in [0, 0.1) is 18.3 Å². The van der Waals surface area contributed by atoms with Crippen LogP contribution in [0.15, 0.2) is 72.3 Å². The van der Waals surface area contributed by atoms with Crippen molar-refractivity contribution >= 4 is 17.8 Å². The second-order valence-corrected chi connectivity index (χ2v) is 19.3. The van der Waals surface area contributed by atoms with E-state index in [1.54, 1.807) is 16.8 Å². The van der Waals surface area contributed by atoms with Gasteiger partial charge in [0.15, 0.2) is 0 Å². The molecular weight excluding hydrogens is 647 g/mol. The molecule has 0 amide bonds. The van der Waals surface area contributed by atoms with E-state index in [9.17, 15) is 0 Å². The number of hydrogen-bond acceptors (Lipinski definition) is 1.